The standard InChI is InChI=1S/C24H20NP/c1-4-12-20(13-5-1)25-23-18-10-11-19-24(23)26(21-14-6-2-7-15-21)22-16-8-3-9-17-22/h1-19,25H. The number of benzene rings is 4. The summed E-state index contributed by atoms with van der Waals surface area (Å²) in [5, 5.41) is 7.66. The normalized spacial score (nSPS) is 10.7. The number of rotatable bonds is 5. The van der Waals surface area contributed by atoms with Gasteiger partial charge in [0.15, 0.2) is 0 Å². The van der Waals surface area contributed by atoms with Gasteiger partial charge in [-0.2, -0.15) is 0 Å². The third-order valence-corrected chi connectivity index (χ3v) is 6.73. The number of nitrogens with one attached hydrogen (secondary N) is 1. The maximum absolute atomic E-state index is 3.61. The zero-order valence-electron chi connectivity index (χ0n) is 14.4. The lowest BCUT2D eigenvalue weighted by molar-refractivity contribution is 1.57. The average molecular weight is 353 g/mol. The van der Waals surface area contributed by atoms with Crippen LogP contribution in [0.2, 0.25) is 0 Å². The Bertz CT molecular complexity index is 913. The van der Waals surface area contributed by atoms with Crippen molar-refractivity contribution < 1.29 is 0 Å². The first-order valence-corrected chi connectivity index (χ1v) is 10.1. The molecule has 0 bridgehead atoms. The van der Waals surface area contributed by atoms with Crippen LogP contribution in [0.3, 0.4) is 0 Å². The largest absolute Gasteiger partial charge is 0.355 e. The molecule has 0 aliphatic heterocycles. The highest BCUT2D eigenvalue weighted by Crippen LogP contribution is 2.36. The van der Waals surface area contributed by atoms with Crippen LogP contribution in [-0.2, 0) is 0 Å². The van der Waals surface area contributed by atoms with E-state index in [1.54, 1.807) is 0 Å². The van der Waals surface area contributed by atoms with Crippen LogP contribution in [0.1, 0.15) is 0 Å². The fourth-order valence-electron chi connectivity index (χ4n) is 3.03. The van der Waals surface area contributed by atoms with Crippen LogP contribution in [0.5, 0.6) is 0 Å². The summed E-state index contributed by atoms with van der Waals surface area (Å²) in [6.45, 7) is 0. The lowest BCUT2D eigenvalue weighted by Gasteiger charge is -2.22. The monoisotopic (exact) mass is 353 g/mol. The quantitative estimate of drug-likeness (QED) is 0.487. The van der Waals surface area contributed by atoms with Gasteiger partial charge in [-0.25, -0.2) is 0 Å². The third-order valence-electron chi connectivity index (χ3n) is 4.23. The zero-order valence-corrected chi connectivity index (χ0v) is 15.3. The second-order valence-corrected chi connectivity index (χ2v) is 8.20. The molecule has 126 valence electrons. The Balaban J connectivity index is 1.82. The first-order chi connectivity index (χ1) is 12.9. The van der Waals surface area contributed by atoms with E-state index in [2.05, 4.69) is 115 Å². The number of hydrogen-bond acceptors (Lipinski definition) is 1. The zero-order chi connectivity index (χ0) is 17.6. The summed E-state index contributed by atoms with van der Waals surface area (Å²) in [7, 11) is -0.625. The number of anilines is 2. The van der Waals surface area contributed by atoms with Gasteiger partial charge in [0.25, 0.3) is 0 Å². The highest BCUT2D eigenvalue weighted by atomic mass is 31.1. The Morgan fingerprint density at radius 3 is 1.50 bits per heavy atom. The van der Waals surface area contributed by atoms with Crippen LogP contribution in [0.25, 0.3) is 0 Å². The minimum absolute atomic E-state index is 0.625. The van der Waals surface area contributed by atoms with Gasteiger partial charge in [-0.1, -0.05) is 97.1 Å². The van der Waals surface area contributed by atoms with E-state index in [-0.39, 0.29) is 0 Å². The van der Waals surface area contributed by atoms with Crippen LogP contribution in [0.4, 0.5) is 11.4 Å². The predicted molar refractivity (Wildman–Crippen MR) is 115 cm³/mol. The summed E-state index contributed by atoms with van der Waals surface area (Å²) in [4.78, 5) is 0. The van der Waals surface area contributed by atoms with Crippen LogP contribution < -0.4 is 21.2 Å². The molecule has 0 radical (unpaired) electrons. The molecule has 0 amide bonds. The molecule has 0 aliphatic carbocycles. The molecule has 1 N–H and O–H groups in total. The Morgan fingerprint density at radius 1 is 0.462 bits per heavy atom. The summed E-state index contributed by atoms with van der Waals surface area (Å²) in [5.74, 6) is 0. The Hall–Kier alpha value is -2.89. The van der Waals surface area contributed by atoms with Crippen molar-refractivity contribution in [1.29, 1.82) is 0 Å². The van der Waals surface area contributed by atoms with Gasteiger partial charge in [-0.15, -0.1) is 0 Å². The molecule has 2 heteroatoms. The van der Waals surface area contributed by atoms with Crippen LogP contribution in [0, 0.1) is 0 Å². The van der Waals surface area contributed by atoms with Crippen LogP contribution in [0.15, 0.2) is 115 Å². The van der Waals surface area contributed by atoms with Crippen molar-refractivity contribution in [3.63, 3.8) is 0 Å². The van der Waals surface area contributed by atoms with Crippen molar-refractivity contribution >= 4 is 35.2 Å². The van der Waals surface area contributed by atoms with E-state index >= 15 is 0 Å². The van der Waals surface area contributed by atoms with Crippen molar-refractivity contribution in [3.05, 3.63) is 115 Å². The molecule has 0 heterocycles. The van der Waals surface area contributed by atoms with Crippen LogP contribution >= 0.6 is 7.92 Å². The molecular weight excluding hydrogens is 333 g/mol. The smallest absolute Gasteiger partial charge is 0.0469 e. The van der Waals surface area contributed by atoms with Crippen LogP contribution in [-0.4, -0.2) is 0 Å². The van der Waals surface area contributed by atoms with E-state index in [0.29, 0.717) is 0 Å². The summed E-state index contributed by atoms with van der Waals surface area (Å²) < 4.78 is 0. The molecule has 4 aromatic carbocycles. The molecule has 0 unspecified atom stereocenters. The summed E-state index contributed by atoms with van der Waals surface area (Å²) >= 11 is 0. The SMILES string of the molecule is c1ccc(Nc2ccccc2P(c2ccccc2)c2ccccc2)cc1. The Labute approximate surface area is 156 Å². The second-order valence-electron chi connectivity index (χ2n) is 6.01. The highest BCUT2D eigenvalue weighted by Gasteiger charge is 2.19. The summed E-state index contributed by atoms with van der Waals surface area (Å²) in [5.41, 5.74) is 2.27. The van der Waals surface area contributed by atoms with Gasteiger partial charge >= 0.3 is 0 Å². The summed E-state index contributed by atoms with van der Waals surface area (Å²) in [6, 6.07) is 40.6. The fraction of sp³-hybridized carbons (Fsp3) is 0. The molecule has 0 fully saturated rings. The topological polar surface area (TPSA) is 12.0 Å². The van der Waals surface area contributed by atoms with Gasteiger partial charge in [-0.05, 0) is 36.7 Å². The molecule has 0 aliphatic rings. The van der Waals surface area contributed by atoms with E-state index in [9.17, 15) is 0 Å². The molecule has 0 saturated carbocycles. The molecule has 4 rings (SSSR count). The van der Waals surface area contributed by atoms with Gasteiger partial charge in [0, 0.05) is 16.7 Å². The fourth-order valence-corrected chi connectivity index (χ4v) is 5.43. The van der Waals surface area contributed by atoms with E-state index < -0.39 is 7.92 Å². The Kier molecular flexibility index (Phi) is 5.09. The molecule has 0 saturated heterocycles. The van der Waals surface area contributed by atoms with E-state index in [1.165, 1.54) is 15.9 Å². The maximum atomic E-state index is 3.61. The maximum Gasteiger partial charge on any atom is 0.0469 e. The number of para-hydroxylation sites is 2. The Morgan fingerprint density at radius 2 is 0.923 bits per heavy atom. The molecule has 0 aromatic heterocycles. The highest BCUT2D eigenvalue weighted by molar-refractivity contribution is 7.80. The van der Waals surface area contributed by atoms with Gasteiger partial charge in [0.1, 0.15) is 0 Å². The van der Waals surface area contributed by atoms with E-state index in [4.69, 9.17) is 0 Å². The molecule has 0 spiro atoms. The third kappa shape index (κ3) is 3.69. The number of hydrogen-bond donors (Lipinski definition) is 1. The van der Waals surface area contributed by atoms with Crippen molar-refractivity contribution in [1.82, 2.24) is 0 Å². The second kappa shape index (κ2) is 7.99. The van der Waals surface area contributed by atoms with Gasteiger partial charge in [0.05, 0.1) is 0 Å². The molecule has 0 atom stereocenters. The minimum Gasteiger partial charge on any atom is -0.355 e. The van der Waals surface area contributed by atoms with Crippen molar-refractivity contribution in [3.8, 4) is 0 Å². The molecule has 1 nitrogen and oxygen atoms in total. The van der Waals surface area contributed by atoms with Crippen molar-refractivity contribution in [2.75, 3.05) is 5.32 Å². The molecule has 26 heavy (non-hydrogen) atoms. The first-order valence-electron chi connectivity index (χ1n) is 8.73. The molecule has 4 aromatic rings. The lowest BCUT2D eigenvalue weighted by Crippen LogP contribution is -2.22. The van der Waals surface area contributed by atoms with Gasteiger partial charge in [-0.3, -0.25) is 0 Å². The van der Waals surface area contributed by atoms with Gasteiger partial charge in [0.2, 0.25) is 0 Å². The van der Waals surface area contributed by atoms with Crippen molar-refractivity contribution in [2.45, 2.75) is 0 Å². The lowest BCUT2D eigenvalue weighted by atomic mass is 10.2. The van der Waals surface area contributed by atoms with E-state index in [1.807, 2.05) is 6.07 Å². The van der Waals surface area contributed by atoms with Crippen molar-refractivity contribution in [2.24, 2.45) is 0 Å². The van der Waals surface area contributed by atoms with Gasteiger partial charge < -0.3 is 5.32 Å². The average Bonchev–Trinajstić information content (AvgIpc) is 2.72. The minimum atomic E-state index is -0.625. The van der Waals surface area contributed by atoms with E-state index in [0.717, 1.165) is 11.4 Å². The molecular formula is C24H20NP. The summed E-state index contributed by atoms with van der Waals surface area (Å²) in [6.07, 6.45) is 0. The first kappa shape index (κ1) is 16.6. The predicted octanol–water partition coefficient (Wildman–Crippen LogP) is 5.19.